The molecule has 0 fully saturated rings. The number of phenols is 4. The first-order valence-corrected chi connectivity index (χ1v) is 9.68. The second-order valence-electron chi connectivity index (χ2n) is 7.37. The first-order valence-electron chi connectivity index (χ1n) is 9.68. The number of phenolic OH excluding ortho intramolecular Hbond substituents is 4. The standard InChI is InChI=1S/C26H22O4/c27-23-11-9-21(25(29)15-23)13-17-1-5-19(6-2-17)20-7-3-18(4-8-20)14-22-10-12-24(28)16-26(22)30/h1-12,15-16,27-30H,13-14H2. The van der Waals surface area contributed by atoms with Gasteiger partial charge in [-0.25, -0.2) is 0 Å². The van der Waals surface area contributed by atoms with Crippen molar-refractivity contribution in [2.24, 2.45) is 0 Å². The fourth-order valence-electron chi connectivity index (χ4n) is 3.47. The number of rotatable bonds is 5. The molecule has 0 heterocycles. The van der Waals surface area contributed by atoms with Crippen LogP contribution in [-0.2, 0) is 12.8 Å². The zero-order chi connectivity index (χ0) is 21.1. The molecule has 0 aromatic heterocycles. The molecule has 4 aromatic rings. The number of benzene rings is 4. The number of aromatic hydroxyl groups is 4. The summed E-state index contributed by atoms with van der Waals surface area (Å²) in [4.78, 5) is 0. The van der Waals surface area contributed by atoms with E-state index in [4.69, 9.17) is 0 Å². The fourth-order valence-corrected chi connectivity index (χ4v) is 3.47. The third-order valence-electron chi connectivity index (χ3n) is 5.17. The van der Waals surface area contributed by atoms with Crippen molar-refractivity contribution in [3.05, 3.63) is 107 Å². The van der Waals surface area contributed by atoms with Gasteiger partial charge in [0.15, 0.2) is 0 Å². The topological polar surface area (TPSA) is 80.9 Å². The van der Waals surface area contributed by atoms with E-state index in [1.165, 1.54) is 12.1 Å². The molecule has 0 unspecified atom stereocenters. The Morgan fingerprint density at radius 1 is 0.433 bits per heavy atom. The minimum Gasteiger partial charge on any atom is -0.508 e. The summed E-state index contributed by atoms with van der Waals surface area (Å²) in [5, 5.41) is 38.7. The summed E-state index contributed by atoms with van der Waals surface area (Å²) < 4.78 is 0. The van der Waals surface area contributed by atoms with Gasteiger partial charge in [0, 0.05) is 25.0 Å². The van der Waals surface area contributed by atoms with E-state index >= 15 is 0 Å². The molecular weight excluding hydrogens is 376 g/mol. The molecule has 0 aliphatic rings. The van der Waals surface area contributed by atoms with Gasteiger partial charge in [0.2, 0.25) is 0 Å². The number of hydrogen-bond acceptors (Lipinski definition) is 4. The van der Waals surface area contributed by atoms with Crippen molar-refractivity contribution in [2.45, 2.75) is 12.8 Å². The quantitative estimate of drug-likeness (QED) is 0.365. The Kier molecular flexibility index (Phi) is 5.31. The molecule has 0 saturated heterocycles. The Morgan fingerprint density at radius 2 is 0.800 bits per heavy atom. The highest BCUT2D eigenvalue weighted by Gasteiger charge is 2.06. The van der Waals surface area contributed by atoms with Crippen LogP contribution in [0, 0.1) is 0 Å². The summed E-state index contributed by atoms with van der Waals surface area (Å²) in [7, 11) is 0. The summed E-state index contributed by atoms with van der Waals surface area (Å²) in [6, 6.07) is 25.6. The summed E-state index contributed by atoms with van der Waals surface area (Å²) in [5.74, 6) is 0.287. The second-order valence-corrected chi connectivity index (χ2v) is 7.37. The molecule has 30 heavy (non-hydrogen) atoms. The van der Waals surface area contributed by atoms with Crippen LogP contribution >= 0.6 is 0 Å². The third kappa shape index (κ3) is 4.39. The molecule has 4 aromatic carbocycles. The third-order valence-corrected chi connectivity index (χ3v) is 5.17. The van der Waals surface area contributed by atoms with E-state index in [-0.39, 0.29) is 23.0 Å². The Hall–Kier alpha value is -3.92. The van der Waals surface area contributed by atoms with Crippen LogP contribution in [0.5, 0.6) is 23.0 Å². The van der Waals surface area contributed by atoms with Crippen molar-refractivity contribution in [2.75, 3.05) is 0 Å². The Labute approximate surface area is 175 Å². The van der Waals surface area contributed by atoms with Crippen LogP contribution in [0.4, 0.5) is 0 Å². The van der Waals surface area contributed by atoms with Crippen LogP contribution in [0.2, 0.25) is 0 Å². The molecule has 4 nitrogen and oxygen atoms in total. The fraction of sp³-hybridized carbons (Fsp3) is 0.0769. The zero-order valence-corrected chi connectivity index (χ0v) is 16.3. The maximum atomic E-state index is 9.96. The minimum atomic E-state index is 0.0515. The molecule has 0 aliphatic carbocycles. The SMILES string of the molecule is Oc1ccc(Cc2ccc(-c3ccc(Cc4ccc(O)cc4O)cc3)cc2)c(O)c1. The molecule has 150 valence electrons. The molecule has 0 spiro atoms. The van der Waals surface area contributed by atoms with Gasteiger partial charge in [-0.05, 0) is 45.5 Å². The lowest BCUT2D eigenvalue weighted by Crippen LogP contribution is -1.90. The van der Waals surface area contributed by atoms with Gasteiger partial charge in [0.1, 0.15) is 23.0 Å². The molecule has 0 aliphatic heterocycles. The van der Waals surface area contributed by atoms with Crippen LogP contribution in [-0.4, -0.2) is 20.4 Å². The van der Waals surface area contributed by atoms with Crippen molar-refractivity contribution >= 4 is 0 Å². The van der Waals surface area contributed by atoms with Gasteiger partial charge in [0.05, 0.1) is 0 Å². The monoisotopic (exact) mass is 398 g/mol. The highest BCUT2D eigenvalue weighted by molar-refractivity contribution is 5.64. The Balaban J connectivity index is 1.46. The van der Waals surface area contributed by atoms with Crippen LogP contribution in [0.1, 0.15) is 22.3 Å². The molecule has 4 heteroatoms. The molecule has 0 atom stereocenters. The maximum Gasteiger partial charge on any atom is 0.122 e. The highest BCUT2D eigenvalue weighted by atomic mass is 16.3. The second kappa shape index (κ2) is 8.21. The maximum absolute atomic E-state index is 9.96. The molecule has 0 radical (unpaired) electrons. The smallest absolute Gasteiger partial charge is 0.122 e. The van der Waals surface area contributed by atoms with Crippen LogP contribution in [0.25, 0.3) is 11.1 Å². The average molecular weight is 398 g/mol. The lowest BCUT2D eigenvalue weighted by molar-refractivity contribution is 0.446. The molecule has 0 bridgehead atoms. The Bertz CT molecular complexity index is 1070. The van der Waals surface area contributed by atoms with E-state index in [0.29, 0.717) is 12.8 Å². The van der Waals surface area contributed by atoms with Crippen LogP contribution in [0.15, 0.2) is 84.9 Å². The normalized spacial score (nSPS) is 10.8. The highest BCUT2D eigenvalue weighted by Crippen LogP contribution is 2.28. The summed E-state index contributed by atoms with van der Waals surface area (Å²) in [5.41, 5.74) is 5.85. The molecular formula is C26H22O4. The summed E-state index contributed by atoms with van der Waals surface area (Å²) in [6.45, 7) is 0. The van der Waals surface area contributed by atoms with Crippen molar-refractivity contribution in [3.63, 3.8) is 0 Å². The van der Waals surface area contributed by atoms with Gasteiger partial charge in [-0.15, -0.1) is 0 Å². The predicted octanol–water partition coefficient (Wildman–Crippen LogP) is 5.36. The lowest BCUT2D eigenvalue weighted by Gasteiger charge is -2.09. The molecule has 4 N–H and O–H groups in total. The van der Waals surface area contributed by atoms with Gasteiger partial charge in [0.25, 0.3) is 0 Å². The molecule has 0 saturated carbocycles. The van der Waals surface area contributed by atoms with Crippen molar-refractivity contribution in [1.82, 2.24) is 0 Å². The summed E-state index contributed by atoms with van der Waals surface area (Å²) in [6.07, 6.45) is 1.17. The van der Waals surface area contributed by atoms with E-state index < -0.39 is 0 Å². The largest absolute Gasteiger partial charge is 0.508 e. The van der Waals surface area contributed by atoms with Crippen LogP contribution < -0.4 is 0 Å². The molecule has 0 amide bonds. The van der Waals surface area contributed by atoms with E-state index in [0.717, 1.165) is 33.4 Å². The Morgan fingerprint density at radius 3 is 1.13 bits per heavy atom. The predicted molar refractivity (Wildman–Crippen MR) is 117 cm³/mol. The van der Waals surface area contributed by atoms with Gasteiger partial charge >= 0.3 is 0 Å². The van der Waals surface area contributed by atoms with Crippen molar-refractivity contribution in [3.8, 4) is 34.1 Å². The zero-order valence-electron chi connectivity index (χ0n) is 16.3. The van der Waals surface area contributed by atoms with E-state index in [2.05, 4.69) is 0 Å². The first-order chi connectivity index (χ1) is 14.5. The van der Waals surface area contributed by atoms with Gasteiger partial charge in [-0.2, -0.15) is 0 Å². The van der Waals surface area contributed by atoms with Gasteiger partial charge < -0.3 is 20.4 Å². The minimum absolute atomic E-state index is 0.0515. The van der Waals surface area contributed by atoms with Crippen molar-refractivity contribution in [1.29, 1.82) is 0 Å². The van der Waals surface area contributed by atoms with Crippen LogP contribution in [0.3, 0.4) is 0 Å². The first kappa shape index (κ1) is 19.4. The number of hydrogen-bond donors (Lipinski definition) is 4. The summed E-state index contributed by atoms with van der Waals surface area (Å²) >= 11 is 0. The van der Waals surface area contributed by atoms with Crippen molar-refractivity contribution < 1.29 is 20.4 Å². The molecule has 4 rings (SSSR count). The average Bonchev–Trinajstić information content (AvgIpc) is 2.73. The van der Waals surface area contributed by atoms with E-state index in [9.17, 15) is 20.4 Å². The lowest BCUT2D eigenvalue weighted by atomic mass is 9.98. The van der Waals surface area contributed by atoms with Gasteiger partial charge in [-0.1, -0.05) is 60.7 Å². The van der Waals surface area contributed by atoms with Gasteiger partial charge in [-0.3, -0.25) is 0 Å². The van der Waals surface area contributed by atoms with E-state index in [1.54, 1.807) is 24.3 Å². The van der Waals surface area contributed by atoms with E-state index in [1.807, 2.05) is 48.5 Å².